The number of amidine groups is 1. The maximum atomic E-state index is 13.3. The second-order valence-corrected chi connectivity index (χ2v) is 9.55. The summed E-state index contributed by atoms with van der Waals surface area (Å²) in [6.45, 7) is 3.21. The summed E-state index contributed by atoms with van der Waals surface area (Å²) >= 11 is 0.825. The molecule has 0 fully saturated rings. The van der Waals surface area contributed by atoms with Crippen LogP contribution >= 0.6 is 11.3 Å². The van der Waals surface area contributed by atoms with Gasteiger partial charge >= 0.3 is 18.2 Å². The highest BCUT2D eigenvalue weighted by Crippen LogP contribution is 2.39. The third-order valence-corrected chi connectivity index (χ3v) is 6.47. The van der Waals surface area contributed by atoms with Crippen molar-refractivity contribution < 1.29 is 32.6 Å². The van der Waals surface area contributed by atoms with Gasteiger partial charge in [0.25, 0.3) is 0 Å². The Labute approximate surface area is 216 Å². The third kappa shape index (κ3) is 7.61. The molecule has 3 heterocycles. The zero-order chi connectivity index (χ0) is 27.2. The van der Waals surface area contributed by atoms with Crippen molar-refractivity contribution >= 4 is 40.6 Å². The molecule has 0 aliphatic carbocycles. The molecule has 14 heteroatoms. The Hall–Kier alpha value is -3.26. The average molecular weight is 543 g/mol. The zero-order valence-electron chi connectivity index (χ0n) is 20.7. The number of carbonyl (C=O) groups is 2. The predicted octanol–water partition coefficient (Wildman–Crippen LogP) is 3.39. The summed E-state index contributed by atoms with van der Waals surface area (Å²) in [7, 11) is 3.74. The van der Waals surface area contributed by atoms with Gasteiger partial charge in [0.1, 0.15) is 17.5 Å². The molecule has 2 aliphatic rings. The lowest BCUT2D eigenvalue weighted by molar-refractivity contribution is -0.140. The Morgan fingerprint density at radius 1 is 1.32 bits per heavy atom. The monoisotopic (exact) mass is 542 g/mol. The number of rotatable bonds is 8. The number of alkyl halides is 3. The highest BCUT2D eigenvalue weighted by molar-refractivity contribution is 7.10. The Morgan fingerprint density at radius 2 is 2.08 bits per heavy atom. The molecule has 3 N–H and O–H groups in total. The van der Waals surface area contributed by atoms with E-state index in [2.05, 4.69) is 25.6 Å². The zero-order valence-corrected chi connectivity index (χ0v) is 21.5. The van der Waals surface area contributed by atoms with Gasteiger partial charge in [0, 0.05) is 31.1 Å². The smallest absolute Gasteiger partial charge is 0.434 e. The minimum absolute atomic E-state index is 0.00722. The molecule has 1 aromatic rings. The van der Waals surface area contributed by atoms with Crippen molar-refractivity contribution in [1.82, 2.24) is 20.5 Å². The second kappa shape index (κ2) is 12.3. The number of dihydropyridines is 1. The van der Waals surface area contributed by atoms with Crippen molar-refractivity contribution in [2.45, 2.75) is 32.4 Å². The van der Waals surface area contributed by atoms with Gasteiger partial charge in [0.05, 0.1) is 18.0 Å². The minimum Gasteiger partial charge on any atom is -0.479 e. The molecule has 1 unspecified atom stereocenters. The van der Waals surface area contributed by atoms with Crippen LogP contribution in [0.1, 0.15) is 36.9 Å². The molecular weight excluding hydrogens is 513 g/mol. The summed E-state index contributed by atoms with van der Waals surface area (Å²) in [5.41, 5.74) is 0.00149. The van der Waals surface area contributed by atoms with Crippen LogP contribution in [-0.2, 0) is 15.7 Å². The molecule has 0 spiro atoms. The van der Waals surface area contributed by atoms with E-state index >= 15 is 0 Å². The number of hydrogen-bond donors (Lipinski definition) is 3. The van der Waals surface area contributed by atoms with E-state index in [1.807, 2.05) is 25.9 Å². The van der Waals surface area contributed by atoms with Crippen LogP contribution in [0.2, 0.25) is 0 Å². The van der Waals surface area contributed by atoms with E-state index in [0.29, 0.717) is 24.2 Å². The number of carboxylic acid groups (broad SMARTS) is 1. The second-order valence-electron chi connectivity index (χ2n) is 8.70. The first-order valence-corrected chi connectivity index (χ1v) is 12.5. The van der Waals surface area contributed by atoms with Gasteiger partial charge in [-0.05, 0) is 38.1 Å². The first-order valence-electron chi connectivity index (χ1n) is 11.6. The fraction of sp³-hybridized carbons (Fsp3) is 0.522. The lowest BCUT2D eigenvalue weighted by atomic mass is 9.85. The number of halogens is 3. The molecule has 1 atom stereocenters. The van der Waals surface area contributed by atoms with Crippen LogP contribution in [-0.4, -0.2) is 79.1 Å². The molecule has 0 radical (unpaired) electrons. The Bertz CT molecular complexity index is 1140. The molecule has 0 saturated carbocycles. The van der Waals surface area contributed by atoms with Gasteiger partial charge < -0.3 is 20.1 Å². The van der Waals surface area contributed by atoms with E-state index < -0.39 is 29.8 Å². The van der Waals surface area contributed by atoms with E-state index in [0.717, 1.165) is 23.1 Å². The number of nitrogens with zero attached hydrogens (tertiary/aromatic N) is 4. The predicted molar refractivity (Wildman–Crippen MR) is 134 cm³/mol. The lowest BCUT2D eigenvalue weighted by Crippen LogP contribution is -2.41. The maximum Gasteiger partial charge on any atom is 0.434 e. The summed E-state index contributed by atoms with van der Waals surface area (Å²) in [6, 6.07) is -0.471. The summed E-state index contributed by atoms with van der Waals surface area (Å²) in [5.74, 6) is -1.27. The number of likely N-dealkylation sites (N-methyl/N-ethyl adjacent to an activating group) is 1. The summed E-state index contributed by atoms with van der Waals surface area (Å²) in [6.07, 6.45) is -2.63. The van der Waals surface area contributed by atoms with Crippen LogP contribution in [0.5, 0.6) is 0 Å². The number of carbonyl (C=O) groups excluding carboxylic acids is 1. The van der Waals surface area contributed by atoms with Gasteiger partial charge in [0.2, 0.25) is 0 Å². The van der Waals surface area contributed by atoms with Gasteiger partial charge in [0.15, 0.2) is 11.6 Å². The largest absolute Gasteiger partial charge is 0.479 e. The van der Waals surface area contributed by atoms with Crippen molar-refractivity contribution in [3.05, 3.63) is 33.4 Å². The fourth-order valence-electron chi connectivity index (χ4n) is 3.66. The van der Waals surface area contributed by atoms with Crippen LogP contribution in [0.4, 0.5) is 18.0 Å². The number of ether oxygens (including phenoxy) is 1. The third-order valence-electron chi connectivity index (χ3n) is 5.57. The van der Waals surface area contributed by atoms with E-state index in [1.165, 1.54) is 6.20 Å². The fourth-order valence-corrected chi connectivity index (χ4v) is 4.57. The number of aliphatic carboxylic acids is 1. The maximum absolute atomic E-state index is 13.3. The molecule has 10 nitrogen and oxygen atoms in total. The number of thiazole rings is 1. The SMILES string of the molecule is CCCNC(=O)NC1=NCC(C2CC(C(=O)O)=CN=C2OCCN(C)C)=C(c2nc(C(F)(F)F)cs2)C1. The number of hydrogen-bond acceptors (Lipinski definition) is 8. The van der Waals surface area contributed by atoms with E-state index in [4.69, 9.17) is 4.74 Å². The molecule has 202 valence electrons. The van der Waals surface area contributed by atoms with Crippen molar-refractivity contribution in [2.24, 2.45) is 15.9 Å². The highest BCUT2D eigenvalue weighted by atomic mass is 32.1. The molecular formula is C23H29F3N6O4S. The molecule has 0 aromatic carbocycles. The number of aromatic nitrogens is 1. The molecule has 2 amide bonds. The number of nitrogens with one attached hydrogen (secondary N) is 2. The molecule has 3 rings (SSSR count). The molecule has 1 aromatic heterocycles. The van der Waals surface area contributed by atoms with Crippen molar-refractivity contribution in [1.29, 1.82) is 0 Å². The van der Waals surface area contributed by atoms with Gasteiger partial charge in [-0.2, -0.15) is 13.2 Å². The van der Waals surface area contributed by atoms with Crippen LogP contribution in [0.25, 0.3) is 5.57 Å². The number of urea groups is 1. The highest BCUT2D eigenvalue weighted by Gasteiger charge is 2.37. The number of aliphatic imine (C=N–C) groups is 2. The van der Waals surface area contributed by atoms with Crippen LogP contribution in [0.3, 0.4) is 0 Å². The first kappa shape index (κ1) is 28.3. The van der Waals surface area contributed by atoms with E-state index in [-0.39, 0.29) is 48.3 Å². The van der Waals surface area contributed by atoms with Gasteiger partial charge in [-0.3, -0.25) is 10.3 Å². The molecule has 37 heavy (non-hydrogen) atoms. The van der Waals surface area contributed by atoms with Crippen LogP contribution < -0.4 is 10.6 Å². The molecule has 0 bridgehead atoms. The number of amides is 2. The molecule has 0 saturated heterocycles. The van der Waals surface area contributed by atoms with Crippen molar-refractivity contribution in [3.63, 3.8) is 0 Å². The first-order chi connectivity index (χ1) is 17.5. The van der Waals surface area contributed by atoms with Gasteiger partial charge in [-0.1, -0.05) is 6.92 Å². The quantitative estimate of drug-likeness (QED) is 0.462. The van der Waals surface area contributed by atoms with Crippen LogP contribution in [0, 0.1) is 5.92 Å². The Morgan fingerprint density at radius 3 is 2.70 bits per heavy atom. The molecule has 2 aliphatic heterocycles. The normalized spacial score (nSPS) is 18.2. The Balaban J connectivity index is 1.98. The van der Waals surface area contributed by atoms with Gasteiger partial charge in [-0.25, -0.2) is 19.6 Å². The lowest BCUT2D eigenvalue weighted by Gasteiger charge is -2.29. The van der Waals surface area contributed by atoms with Crippen molar-refractivity contribution in [3.8, 4) is 0 Å². The summed E-state index contributed by atoms with van der Waals surface area (Å²) in [4.78, 5) is 38.3. The van der Waals surface area contributed by atoms with E-state index in [1.54, 1.807) is 0 Å². The minimum atomic E-state index is -4.62. The average Bonchev–Trinajstić information content (AvgIpc) is 3.34. The van der Waals surface area contributed by atoms with Crippen molar-refractivity contribution in [2.75, 3.05) is 40.3 Å². The van der Waals surface area contributed by atoms with Gasteiger partial charge in [-0.15, -0.1) is 11.3 Å². The standard InChI is InChI=1S/C23H29F3N6O4S/c1-4-5-27-22(35)31-18-9-15(20-30-17(12-37-20)23(24,25)26)16(11-28-18)14-8-13(21(33)34)10-29-19(14)36-7-6-32(2)3/h10,12,14H,4-9,11H2,1-3H3,(H,33,34)(H2,27,28,31,35). The summed E-state index contributed by atoms with van der Waals surface area (Å²) in [5, 5.41) is 15.9. The Kier molecular flexibility index (Phi) is 9.43. The van der Waals surface area contributed by atoms with Crippen LogP contribution in [0.15, 0.2) is 32.7 Å². The number of carboxylic acids is 1. The summed E-state index contributed by atoms with van der Waals surface area (Å²) < 4.78 is 45.8. The van der Waals surface area contributed by atoms with E-state index in [9.17, 15) is 27.9 Å². The topological polar surface area (TPSA) is 129 Å².